The average molecular weight is 377 g/mol. The van der Waals surface area contributed by atoms with E-state index in [1.54, 1.807) is 0 Å². The first-order valence-electron chi connectivity index (χ1n) is 8.00. The van der Waals surface area contributed by atoms with Crippen molar-refractivity contribution in [1.82, 2.24) is 0 Å². The zero-order valence-corrected chi connectivity index (χ0v) is 16.1. The number of halogens is 1. The lowest BCUT2D eigenvalue weighted by atomic mass is 9.97. The lowest BCUT2D eigenvalue weighted by Crippen LogP contribution is -2.68. The van der Waals surface area contributed by atoms with E-state index in [-0.39, 0.29) is 0 Å². The van der Waals surface area contributed by atoms with Crippen LogP contribution in [0.3, 0.4) is 0 Å². The molecule has 26 heavy (non-hydrogen) atoms. The van der Waals surface area contributed by atoms with Crippen LogP contribution in [0.5, 0.6) is 0 Å². The minimum absolute atomic E-state index is 0.949. The average Bonchev–Trinajstić information content (AvgIpc) is 2.84. The molecule has 138 valence electrons. The molecular formula is C20H21ClO5. The van der Waals surface area contributed by atoms with Crippen LogP contribution < -0.4 is 18.6 Å². The van der Waals surface area contributed by atoms with Crippen molar-refractivity contribution < 1.29 is 33.3 Å². The minimum atomic E-state index is -4.94. The number of hydrogen-bond donors (Lipinski definition) is 0. The van der Waals surface area contributed by atoms with E-state index in [2.05, 4.69) is 57.2 Å². The molecule has 0 fully saturated rings. The van der Waals surface area contributed by atoms with Crippen LogP contribution in [0, 0.1) is 44.9 Å². The molecule has 0 bridgehead atoms. The topological polar surface area (TPSA) is 104 Å². The molecule has 1 aromatic heterocycles. The number of aryl methyl sites for hydroxylation is 5. The fourth-order valence-electron chi connectivity index (χ4n) is 3.30. The summed E-state index contributed by atoms with van der Waals surface area (Å²) in [6.07, 6.45) is 0. The molecule has 0 aliphatic heterocycles. The van der Waals surface area contributed by atoms with Gasteiger partial charge >= 0.3 is 11.5 Å². The summed E-state index contributed by atoms with van der Waals surface area (Å²) in [6, 6.07) is 13.2. The van der Waals surface area contributed by atoms with E-state index in [9.17, 15) is 0 Å². The minimum Gasteiger partial charge on any atom is -0.222 e. The van der Waals surface area contributed by atoms with Crippen LogP contribution in [0.1, 0.15) is 28.2 Å². The van der Waals surface area contributed by atoms with Crippen molar-refractivity contribution in [2.24, 2.45) is 0 Å². The van der Waals surface area contributed by atoms with Crippen LogP contribution in [0.2, 0.25) is 0 Å². The van der Waals surface area contributed by atoms with Crippen molar-refractivity contribution in [3.8, 4) is 22.3 Å². The van der Waals surface area contributed by atoms with Gasteiger partial charge < -0.3 is 0 Å². The Labute approximate surface area is 155 Å². The SMILES string of the molecule is Cc1cc(C)c2ccc(-c3cc(C)[o+]c(C)c3)c-2c(C)c1.[O-][Cl+3]([O-])([O-])[O-]. The quantitative estimate of drug-likeness (QED) is 0.592. The predicted molar refractivity (Wildman–Crippen MR) is 88.9 cm³/mol. The summed E-state index contributed by atoms with van der Waals surface area (Å²) in [5.41, 5.74) is 9.18. The second-order valence-corrected chi connectivity index (χ2v) is 7.14. The number of rotatable bonds is 1. The summed E-state index contributed by atoms with van der Waals surface area (Å²) in [4.78, 5) is 0. The van der Waals surface area contributed by atoms with Crippen LogP contribution in [0.15, 0.2) is 40.8 Å². The first-order chi connectivity index (χ1) is 12.0. The summed E-state index contributed by atoms with van der Waals surface area (Å²) in [7, 11) is -4.94. The zero-order chi connectivity index (χ0) is 19.6. The van der Waals surface area contributed by atoms with Gasteiger partial charge in [0.05, 0.1) is 13.8 Å². The van der Waals surface area contributed by atoms with E-state index in [1.807, 2.05) is 13.8 Å². The van der Waals surface area contributed by atoms with E-state index in [0.717, 1.165) is 11.5 Å². The molecule has 5 nitrogen and oxygen atoms in total. The molecule has 2 aliphatic rings. The highest BCUT2D eigenvalue weighted by molar-refractivity contribution is 5.89. The van der Waals surface area contributed by atoms with E-state index in [1.165, 1.54) is 38.9 Å². The first-order valence-corrected chi connectivity index (χ1v) is 9.23. The van der Waals surface area contributed by atoms with Crippen LogP contribution in [-0.2, 0) is 0 Å². The maximum atomic E-state index is 8.49. The normalized spacial score (nSPS) is 11.3. The van der Waals surface area contributed by atoms with Crippen molar-refractivity contribution >= 4 is 0 Å². The van der Waals surface area contributed by atoms with Crippen LogP contribution >= 0.6 is 0 Å². The Morgan fingerprint density at radius 1 is 0.692 bits per heavy atom. The van der Waals surface area contributed by atoms with Gasteiger partial charge in [0, 0.05) is 17.7 Å². The molecule has 6 heteroatoms. The highest BCUT2D eigenvalue weighted by Gasteiger charge is 2.18. The fraction of sp³-hybridized carbons (Fsp3) is 0.250. The highest BCUT2D eigenvalue weighted by Crippen LogP contribution is 2.40. The summed E-state index contributed by atoms with van der Waals surface area (Å²) < 4.78 is 39.6. The van der Waals surface area contributed by atoms with Crippen molar-refractivity contribution in [2.75, 3.05) is 0 Å². The van der Waals surface area contributed by atoms with Crippen molar-refractivity contribution in [1.29, 1.82) is 0 Å². The van der Waals surface area contributed by atoms with Gasteiger partial charge in [-0.25, -0.2) is 23.1 Å². The number of fused-ring (bicyclic) bond motifs is 1. The monoisotopic (exact) mass is 376 g/mol. The third-order valence-electron chi connectivity index (χ3n) is 4.01. The fourth-order valence-corrected chi connectivity index (χ4v) is 3.30. The molecule has 0 atom stereocenters. The maximum Gasteiger partial charge on any atom is 0.327 e. The summed E-state index contributed by atoms with van der Waals surface area (Å²) in [5.74, 6) is 1.90. The molecule has 2 aliphatic carbocycles. The van der Waals surface area contributed by atoms with E-state index in [4.69, 9.17) is 23.1 Å². The molecule has 3 rings (SSSR count). The summed E-state index contributed by atoms with van der Waals surface area (Å²) in [5, 5.41) is 0. The molecule has 0 saturated heterocycles. The van der Waals surface area contributed by atoms with Crippen molar-refractivity contribution in [3.63, 3.8) is 0 Å². The molecular weight excluding hydrogens is 356 g/mol. The third-order valence-corrected chi connectivity index (χ3v) is 4.01. The summed E-state index contributed by atoms with van der Waals surface area (Å²) in [6.45, 7) is 10.6. The van der Waals surface area contributed by atoms with Crippen molar-refractivity contribution in [3.05, 3.63) is 64.6 Å². The Kier molecular flexibility index (Phi) is 6.01. The second-order valence-electron chi connectivity index (χ2n) is 6.38. The lowest BCUT2D eigenvalue weighted by molar-refractivity contribution is -2.00. The van der Waals surface area contributed by atoms with Crippen LogP contribution in [0.25, 0.3) is 22.3 Å². The molecule has 0 amide bonds. The van der Waals surface area contributed by atoms with Gasteiger partial charge in [-0.1, -0.05) is 29.8 Å². The molecule has 0 unspecified atom stereocenters. The van der Waals surface area contributed by atoms with Gasteiger partial charge in [-0.05, 0) is 48.6 Å². The molecule has 1 heterocycles. The van der Waals surface area contributed by atoms with Crippen molar-refractivity contribution in [2.45, 2.75) is 34.6 Å². The molecule has 1 aromatic rings. The van der Waals surface area contributed by atoms with Gasteiger partial charge in [-0.2, -0.15) is 0 Å². The Morgan fingerprint density at radius 2 is 1.15 bits per heavy atom. The molecule has 0 spiro atoms. The second kappa shape index (κ2) is 7.70. The standard InChI is InChI=1S/C20H21O.ClHO4/c1-12-8-13(2)18-6-7-19(20(18)14(3)9-12)17-10-15(4)21-16(5)11-17;2-1(3,4)5/h6-11H,1-5H3;(H,2,3,4,5)/q+1;/p-1. The summed E-state index contributed by atoms with van der Waals surface area (Å²) >= 11 is 0. The van der Waals surface area contributed by atoms with Gasteiger partial charge in [0.1, 0.15) is 0 Å². The third kappa shape index (κ3) is 5.24. The van der Waals surface area contributed by atoms with Crippen LogP contribution in [-0.4, -0.2) is 0 Å². The largest absolute Gasteiger partial charge is 0.327 e. The van der Waals surface area contributed by atoms with Gasteiger partial charge in [-0.15, -0.1) is 10.2 Å². The number of hydrogen-bond acceptors (Lipinski definition) is 4. The maximum absolute atomic E-state index is 8.49. The van der Waals surface area contributed by atoms with Gasteiger partial charge in [-0.3, -0.25) is 0 Å². The van der Waals surface area contributed by atoms with Crippen LogP contribution in [0.4, 0.5) is 0 Å². The van der Waals surface area contributed by atoms with Gasteiger partial charge in [0.15, 0.2) is 0 Å². The van der Waals surface area contributed by atoms with Gasteiger partial charge in [0.25, 0.3) is 0 Å². The smallest absolute Gasteiger partial charge is 0.222 e. The van der Waals surface area contributed by atoms with Gasteiger partial charge in [0.2, 0.25) is 0 Å². The van der Waals surface area contributed by atoms with E-state index >= 15 is 0 Å². The lowest BCUT2D eigenvalue weighted by Gasteiger charge is -2.17. The predicted octanol–water partition coefficient (Wildman–Crippen LogP) is 1.12. The van der Waals surface area contributed by atoms with E-state index < -0.39 is 10.2 Å². The Morgan fingerprint density at radius 3 is 1.69 bits per heavy atom. The zero-order valence-electron chi connectivity index (χ0n) is 15.4. The first kappa shape index (κ1) is 20.3. The molecule has 0 aromatic carbocycles. The van der Waals surface area contributed by atoms with E-state index in [0.29, 0.717) is 0 Å². The molecule has 0 N–H and O–H groups in total. The highest BCUT2D eigenvalue weighted by atomic mass is 35.7. The Hall–Kier alpha value is -2.02. The molecule has 0 saturated carbocycles. The Bertz CT molecular complexity index is 873. The Balaban J connectivity index is 0.000000431. The molecule has 0 radical (unpaired) electrons.